The molecule has 0 aliphatic carbocycles. The van der Waals surface area contributed by atoms with E-state index in [1.807, 2.05) is 24.3 Å². The van der Waals surface area contributed by atoms with E-state index in [1.165, 1.54) is 17.4 Å². The molecule has 5 heteroatoms. The summed E-state index contributed by atoms with van der Waals surface area (Å²) in [5.41, 5.74) is 6.76. The van der Waals surface area contributed by atoms with E-state index in [4.69, 9.17) is 10.5 Å². The fourth-order valence-corrected chi connectivity index (χ4v) is 3.07. The molecule has 0 radical (unpaired) electrons. The van der Waals surface area contributed by atoms with Gasteiger partial charge < -0.3 is 10.5 Å². The van der Waals surface area contributed by atoms with Crippen molar-refractivity contribution >= 4 is 21.6 Å². The number of nitrogens with zero attached hydrogens (tertiary/aromatic N) is 1. The highest BCUT2D eigenvalue weighted by Gasteiger charge is 2.13. The summed E-state index contributed by atoms with van der Waals surface area (Å²) in [7, 11) is 0. The Hall–Kier alpha value is -1.98. The van der Waals surface area contributed by atoms with Crippen LogP contribution in [0.4, 0.5) is 4.39 Å². The van der Waals surface area contributed by atoms with Crippen molar-refractivity contribution in [1.29, 1.82) is 0 Å². The minimum absolute atomic E-state index is 0.262. The second kappa shape index (κ2) is 6.20. The van der Waals surface area contributed by atoms with E-state index < -0.39 is 0 Å². The van der Waals surface area contributed by atoms with Gasteiger partial charge in [0.25, 0.3) is 0 Å². The van der Waals surface area contributed by atoms with E-state index in [0.29, 0.717) is 23.7 Å². The van der Waals surface area contributed by atoms with Crippen LogP contribution in [0.2, 0.25) is 0 Å². The Bertz CT molecular complexity index is 757. The molecule has 21 heavy (non-hydrogen) atoms. The van der Waals surface area contributed by atoms with Crippen molar-refractivity contribution in [2.45, 2.75) is 6.42 Å². The summed E-state index contributed by atoms with van der Waals surface area (Å²) < 4.78 is 20.6. The smallest absolute Gasteiger partial charge is 0.146 e. The molecule has 0 unspecified atom stereocenters. The summed E-state index contributed by atoms with van der Waals surface area (Å²) in [5.74, 6) is 0.460. The Morgan fingerprint density at radius 3 is 2.81 bits per heavy atom. The van der Waals surface area contributed by atoms with Crippen LogP contribution in [0.1, 0.15) is 6.42 Å². The molecule has 3 nitrogen and oxygen atoms in total. The first-order chi connectivity index (χ1) is 10.3. The van der Waals surface area contributed by atoms with Crippen LogP contribution < -0.4 is 10.5 Å². The summed E-state index contributed by atoms with van der Waals surface area (Å²) in [6.45, 7) is 1.15. The van der Waals surface area contributed by atoms with Crippen LogP contribution in [-0.4, -0.2) is 18.1 Å². The Morgan fingerprint density at radius 2 is 2.00 bits per heavy atom. The van der Waals surface area contributed by atoms with E-state index in [1.54, 1.807) is 12.1 Å². The first-order valence-electron chi connectivity index (χ1n) is 6.77. The summed E-state index contributed by atoms with van der Waals surface area (Å²) >= 11 is 1.46. The molecule has 1 aromatic heterocycles. The van der Waals surface area contributed by atoms with Crippen molar-refractivity contribution in [1.82, 2.24) is 4.98 Å². The molecule has 0 bridgehead atoms. The molecule has 0 fully saturated rings. The van der Waals surface area contributed by atoms with Gasteiger partial charge in [-0.3, -0.25) is 0 Å². The van der Waals surface area contributed by atoms with Crippen LogP contribution >= 0.6 is 11.3 Å². The lowest BCUT2D eigenvalue weighted by molar-refractivity contribution is 0.316. The lowest BCUT2D eigenvalue weighted by Gasteiger charge is -2.05. The van der Waals surface area contributed by atoms with Gasteiger partial charge in [0.2, 0.25) is 0 Å². The second-order valence-electron chi connectivity index (χ2n) is 4.59. The second-order valence-corrected chi connectivity index (χ2v) is 5.62. The van der Waals surface area contributed by atoms with Gasteiger partial charge in [-0.15, -0.1) is 11.3 Å². The SMILES string of the molecule is NCCCOc1cccc2sc(-c3ccccc3F)nc12. The minimum atomic E-state index is -0.262. The zero-order valence-corrected chi connectivity index (χ0v) is 12.2. The highest BCUT2D eigenvalue weighted by molar-refractivity contribution is 7.21. The third-order valence-corrected chi connectivity index (χ3v) is 4.15. The predicted molar refractivity (Wildman–Crippen MR) is 84.2 cm³/mol. The van der Waals surface area contributed by atoms with Crippen LogP contribution in [0.15, 0.2) is 42.5 Å². The number of fused-ring (bicyclic) bond motifs is 1. The van der Waals surface area contributed by atoms with E-state index in [0.717, 1.165) is 22.4 Å². The zero-order chi connectivity index (χ0) is 14.7. The molecule has 3 aromatic rings. The van der Waals surface area contributed by atoms with Crippen molar-refractivity contribution in [3.8, 4) is 16.3 Å². The van der Waals surface area contributed by atoms with Crippen molar-refractivity contribution in [2.75, 3.05) is 13.2 Å². The van der Waals surface area contributed by atoms with Gasteiger partial charge in [0.1, 0.15) is 22.1 Å². The van der Waals surface area contributed by atoms with Crippen LogP contribution in [0.3, 0.4) is 0 Å². The quantitative estimate of drug-likeness (QED) is 0.729. The molecule has 0 atom stereocenters. The Labute approximate surface area is 126 Å². The Balaban J connectivity index is 2.00. The molecular weight excluding hydrogens is 287 g/mol. The first kappa shape index (κ1) is 14.0. The monoisotopic (exact) mass is 302 g/mol. The van der Waals surface area contributed by atoms with Crippen LogP contribution in [0.5, 0.6) is 5.75 Å². The molecule has 0 saturated heterocycles. The average molecular weight is 302 g/mol. The van der Waals surface area contributed by atoms with Gasteiger partial charge in [-0.1, -0.05) is 18.2 Å². The fraction of sp³-hybridized carbons (Fsp3) is 0.188. The summed E-state index contributed by atoms with van der Waals surface area (Å²) in [5, 5.41) is 0.665. The molecule has 2 N–H and O–H groups in total. The average Bonchev–Trinajstić information content (AvgIpc) is 2.92. The Kier molecular flexibility index (Phi) is 4.13. The van der Waals surface area contributed by atoms with Crippen molar-refractivity contribution in [3.05, 3.63) is 48.3 Å². The molecule has 0 aliphatic heterocycles. The standard InChI is InChI=1S/C16H15FN2OS/c17-12-6-2-1-5-11(12)16-19-15-13(20-10-4-9-18)7-3-8-14(15)21-16/h1-3,5-8H,4,9-10,18H2. The maximum Gasteiger partial charge on any atom is 0.146 e. The molecule has 0 spiro atoms. The summed E-state index contributed by atoms with van der Waals surface area (Å²) in [4.78, 5) is 4.54. The van der Waals surface area contributed by atoms with Crippen molar-refractivity contribution in [3.63, 3.8) is 0 Å². The lowest BCUT2D eigenvalue weighted by Crippen LogP contribution is -2.06. The normalized spacial score (nSPS) is 11.0. The van der Waals surface area contributed by atoms with E-state index in [9.17, 15) is 4.39 Å². The first-order valence-corrected chi connectivity index (χ1v) is 7.58. The molecule has 0 saturated carbocycles. The van der Waals surface area contributed by atoms with E-state index in [-0.39, 0.29) is 5.82 Å². The van der Waals surface area contributed by atoms with Crippen molar-refractivity contribution < 1.29 is 9.13 Å². The number of halogens is 1. The maximum atomic E-state index is 13.9. The summed E-state index contributed by atoms with van der Waals surface area (Å²) in [6, 6.07) is 12.4. The number of thiazole rings is 1. The number of rotatable bonds is 5. The van der Waals surface area contributed by atoms with Gasteiger partial charge >= 0.3 is 0 Å². The van der Waals surface area contributed by atoms with Crippen LogP contribution in [0, 0.1) is 5.82 Å². The Morgan fingerprint density at radius 1 is 1.14 bits per heavy atom. The van der Waals surface area contributed by atoms with Crippen LogP contribution in [-0.2, 0) is 0 Å². The highest BCUT2D eigenvalue weighted by atomic mass is 32.1. The number of para-hydroxylation sites is 1. The molecule has 0 aliphatic rings. The number of aromatic nitrogens is 1. The molecule has 2 aromatic carbocycles. The maximum absolute atomic E-state index is 13.9. The fourth-order valence-electron chi connectivity index (χ4n) is 2.06. The van der Waals surface area contributed by atoms with Gasteiger partial charge in [0, 0.05) is 5.56 Å². The molecule has 1 heterocycles. The number of benzene rings is 2. The predicted octanol–water partition coefficient (Wildman–Crippen LogP) is 3.83. The van der Waals surface area contributed by atoms with Gasteiger partial charge in [0.15, 0.2) is 0 Å². The number of nitrogens with two attached hydrogens (primary N) is 1. The molecule has 108 valence electrons. The molecule has 3 rings (SSSR count). The van der Waals surface area contributed by atoms with Gasteiger partial charge in [-0.25, -0.2) is 9.37 Å². The molecular formula is C16H15FN2OS. The van der Waals surface area contributed by atoms with Gasteiger partial charge in [-0.2, -0.15) is 0 Å². The minimum Gasteiger partial charge on any atom is -0.491 e. The largest absolute Gasteiger partial charge is 0.491 e. The third-order valence-electron chi connectivity index (χ3n) is 3.09. The summed E-state index contributed by atoms with van der Waals surface area (Å²) in [6.07, 6.45) is 0.792. The van der Waals surface area contributed by atoms with Gasteiger partial charge in [-0.05, 0) is 37.2 Å². The van der Waals surface area contributed by atoms with E-state index in [2.05, 4.69) is 4.98 Å². The number of hydrogen-bond donors (Lipinski definition) is 1. The van der Waals surface area contributed by atoms with Crippen LogP contribution in [0.25, 0.3) is 20.8 Å². The number of ether oxygens (including phenoxy) is 1. The highest BCUT2D eigenvalue weighted by Crippen LogP contribution is 2.35. The number of hydrogen-bond acceptors (Lipinski definition) is 4. The zero-order valence-electron chi connectivity index (χ0n) is 11.4. The van der Waals surface area contributed by atoms with Gasteiger partial charge in [0.05, 0.1) is 11.3 Å². The molecule has 0 amide bonds. The third kappa shape index (κ3) is 2.89. The lowest BCUT2D eigenvalue weighted by atomic mass is 10.2. The topological polar surface area (TPSA) is 48.1 Å². The van der Waals surface area contributed by atoms with Crippen molar-refractivity contribution in [2.24, 2.45) is 5.73 Å². The van der Waals surface area contributed by atoms with E-state index >= 15 is 0 Å².